The lowest BCUT2D eigenvalue weighted by molar-refractivity contribution is 0.0601. The predicted molar refractivity (Wildman–Crippen MR) is 76.2 cm³/mol. The molecule has 0 fully saturated rings. The van der Waals surface area contributed by atoms with Gasteiger partial charge in [0, 0.05) is 11.7 Å². The highest BCUT2D eigenvalue weighted by molar-refractivity contribution is 5.89. The number of hydrogen-bond donors (Lipinski definition) is 1. The lowest BCUT2D eigenvalue weighted by Gasteiger charge is -2.16. The number of ether oxygens (including phenoxy) is 1. The summed E-state index contributed by atoms with van der Waals surface area (Å²) >= 11 is 0. The zero-order valence-electron chi connectivity index (χ0n) is 11.4. The summed E-state index contributed by atoms with van der Waals surface area (Å²) in [5, 5.41) is 3.25. The minimum Gasteiger partial charge on any atom is -0.465 e. The van der Waals surface area contributed by atoms with Crippen molar-refractivity contribution in [3.05, 3.63) is 65.5 Å². The molecule has 3 nitrogen and oxygen atoms in total. The van der Waals surface area contributed by atoms with Crippen LogP contribution in [0.1, 0.15) is 28.9 Å². The van der Waals surface area contributed by atoms with Crippen molar-refractivity contribution in [2.24, 2.45) is 0 Å². The standard InChI is InChI=1S/C16H16FNO2/c1-11(13-4-3-5-14(17)10-13)18-15-8-6-12(7-9-15)16(19)20-2/h3-11,18H,1-2H3. The zero-order chi connectivity index (χ0) is 14.5. The molecule has 0 radical (unpaired) electrons. The number of hydrogen-bond acceptors (Lipinski definition) is 3. The normalized spacial score (nSPS) is 11.8. The monoisotopic (exact) mass is 273 g/mol. The third-order valence-corrected chi connectivity index (χ3v) is 3.04. The van der Waals surface area contributed by atoms with E-state index in [4.69, 9.17) is 0 Å². The van der Waals surface area contributed by atoms with Crippen LogP contribution in [0.4, 0.5) is 10.1 Å². The quantitative estimate of drug-likeness (QED) is 0.861. The Morgan fingerprint density at radius 2 is 1.90 bits per heavy atom. The van der Waals surface area contributed by atoms with Crippen molar-refractivity contribution in [2.75, 3.05) is 12.4 Å². The van der Waals surface area contributed by atoms with E-state index in [-0.39, 0.29) is 17.8 Å². The lowest BCUT2D eigenvalue weighted by Crippen LogP contribution is -2.07. The summed E-state index contributed by atoms with van der Waals surface area (Å²) in [6.45, 7) is 1.95. The van der Waals surface area contributed by atoms with E-state index in [1.165, 1.54) is 19.2 Å². The molecule has 20 heavy (non-hydrogen) atoms. The van der Waals surface area contributed by atoms with E-state index in [1.807, 2.05) is 13.0 Å². The van der Waals surface area contributed by atoms with Gasteiger partial charge in [-0.3, -0.25) is 0 Å². The summed E-state index contributed by atoms with van der Waals surface area (Å²) in [5.41, 5.74) is 2.22. The molecule has 0 aromatic heterocycles. The Labute approximate surface area is 117 Å². The summed E-state index contributed by atoms with van der Waals surface area (Å²) in [6.07, 6.45) is 0. The van der Waals surface area contributed by atoms with Gasteiger partial charge >= 0.3 is 5.97 Å². The van der Waals surface area contributed by atoms with Gasteiger partial charge in [-0.1, -0.05) is 12.1 Å². The molecule has 2 aromatic carbocycles. The number of carbonyl (C=O) groups excluding carboxylic acids is 1. The van der Waals surface area contributed by atoms with E-state index >= 15 is 0 Å². The smallest absolute Gasteiger partial charge is 0.337 e. The topological polar surface area (TPSA) is 38.3 Å². The first-order chi connectivity index (χ1) is 9.60. The fourth-order valence-corrected chi connectivity index (χ4v) is 1.93. The number of esters is 1. The number of nitrogens with one attached hydrogen (secondary N) is 1. The molecule has 2 aromatic rings. The maximum absolute atomic E-state index is 13.2. The number of benzene rings is 2. The van der Waals surface area contributed by atoms with Crippen molar-refractivity contribution >= 4 is 11.7 Å². The van der Waals surface area contributed by atoms with Crippen LogP contribution in [-0.4, -0.2) is 13.1 Å². The molecular weight excluding hydrogens is 257 g/mol. The van der Waals surface area contributed by atoms with Gasteiger partial charge in [-0.15, -0.1) is 0 Å². The summed E-state index contributed by atoms with van der Waals surface area (Å²) in [4.78, 5) is 11.3. The van der Waals surface area contributed by atoms with Crippen molar-refractivity contribution < 1.29 is 13.9 Å². The second kappa shape index (κ2) is 6.19. The molecule has 0 aliphatic heterocycles. The molecular formula is C16H16FNO2. The Bertz CT molecular complexity index is 596. The van der Waals surface area contributed by atoms with Gasteiger partial charge in [-0.2, -0.15) is 0 Å². The maximum atomic E-state index is 13.2. The van der Waals surface area contributed by atoms with E-state index in [1.54, 1.807) is 30.3 Å². The number of carbonyl (C=O) groups is 1. The van der Waals surface area contributed by atoms with Crippen molar-refractivity contribution in [2.45, 2.75) is 13.0 Å². The molecule has 0 aliphatic rings. The zero-order valence-corrected chi connectivity index (χ0v) is 11.4. The molecule has 4 heteroatoms. The van der Waals surface area contributed by atoms with Crippen molar-refractivity contribution in [3.8, 4) is 0 Å². The molecule has 1 unspecified atom stereocenters. The van der Waals surface area contributed by atoms with Crippen LogP contribution in [0, 0.1) is 5.82 Å². The molecule has 0 aliphatic carbocycles. The van der Waals surface area contributed by atoms with Gasteiger partial charge < -0.3 is 10.1 Å². The van der Waals surface area contributed by atoms with Crippen LogP contribution in [0.5, 0.6) is 0 Å². The van der Waals surface area contributed by atoms with Crippen LogP contribution in [0.25, 0.3) is 0 Å². The largest absolute Gasteiger partial charge is 0.465 e. The molecule has 1 N–H and O–H groups in total. The number of halogens is 1. The average Bonchev–Trinajstić information content (AvgIpc) is 2.47. The molecule has 2 rings (SSSR count). The molecule has 104 valence electrons. The molecule has 0 heterocycles. The fraction of sp³-hybridized carbons (Fsp3) is 0.188. The van der Waals surface area contributed by atoms with Gasteiger partial charge in [0.1, 0.15) is 5.82 Å². The van der Waals surface area contributed by atoms with Gasteiger partial charge in [-0.05, 0) is 48.9 Å². The van der Waals surface area contributed by atoms with E-state index < -0.39 is 0 Å². The molecule has 0 spiro atoms. The van der Waals surface area contributed by atoms with Crippen LogP contribution >= 0.6 is 0 Å². The van der Waals surface area contributed by atoms with Crippen molar-refractivity contribution in [1.29, 1.82) is 0 Å². The lowest BCUT2D eigenvalue weighted by atomic mass is 10.1. The van der Waals surface area contributed by atoms with Crippen LogP contribution in [0.3, 0.4) is 0 Å². The van der Waals surface area contributed by atoms with Gasteiger partial charge in [0.05, 0.1) is 12.7 Å². The second-order valence-corrected chi connectivity index (χ2v) is 4.49. The molecule has 0 bridgehead atoms. The molecule has 0 saturated carbocycles. The van der Waals surface area contributed by atoms with E-state index in [0.29, 0.717) is 5.56 Å². The van der Waals surface area contributed by atoms with E-state index in [0.717, 1.165) is 11.3 Å². The maximum Gasteiger partial charge on any atom is 0.337 e. The molecule has 0 amide bonds. The van der Waals surface area contributed by atoms with Crippen molar-refractivity contribution in [1.82, 2.24) is 0 Å². The van der Waals surface area contributed by atoms with Gasteiger partial charge in [0.25, 0.3) is 0 Å². The SMILES string of the molecule is COC(=O)c1ccc(NC(C)c2cccc(F)c2)cc1. The van der Waals surface area contributed by atoms with Gasteiger partial charge in [0.15, 0.2) is 0 Å². The Kier molecular flexibility index (Phi) is 4.35. The van der Waals surface area contributed by atoms with Gasteiger partial charge in [0.2, 0.25) is 0 Å². The first-order valence-electron chi connectivity index (χ1n) is 6.30. The van der Waals surface area contributed by atoms with Crippen LogP contribution in [0.2, 0.25) is 0 Å². The Hall–Kier alpha value is -2.36. The number of methoxy groups -OCH3 is 1. The van der Waals surface area contributed by atoms with Gasteiger partial charge in [-0.25, -0.2) is 9.18 Å². The van der Waals surface area contributed by atoms with E-state index in [2.05, 4.69) is 10.1 Å². The summed E-state index contributed by atoms with van der Waals surface area (Å²) in [6, 6.07) is 13.4. The third kappa shape index (κ3) is 3.35. The first-order valence-corrected chi connectivity index (χ1v) is 6.30. The predicted octanol–water partition coefficient (Wildman–Crippen LogP) is 3.79. The highest BCUT2D eigenvalue weighted by Crippen LogP contribution is 2.20. The average molecular weight is 273 g/mol. The van der Waals surface area contributed by atoms with Crippen LogP contribution < -0.4 is 5.32 Å². The minimum absolute atomic E-state index is 0.0327. The van der Waals surface area contributed by atoms with Crippen LogP contribution in [0.15, 0.2) is 48.5 Å². The fourth-order valence-electron chi connectivity index (χ4n) is 1.93. The third-order valence-electron chi connectivity index (χ3n) is 3.04. The highest BCUT2D eigenvalue weighted by Gasteiger charge is 2.08. The number of rotatable bonds is 4. The summed E-state index contributed by atoms with van der Waals surface area (Å²) in [5.74, 6) is -0.619. The first kappa shape index (κ1) is 14.1. The molecule has 0 saturated heterocycles. The minimum atomic E-state index is -0.366. The Morgan fingerprint density at radius 3 is 2.50 bits per heavy atom. The molecule has 1 atom stereocenters. The Balaban J connectivity index is 2.08. The van der Waals surface area contributed by atoms with E-state index in [9.17, 15) is 9.18 Å². The second-order valence-electron chi connectivity index (χ2n) is 4.49. The Morgan fingerprint density at radius 1 is 1.20 bits per heavy atom. The highest BCUT2D eigenvalue weighted by atomic mass is 19.1. The summed E-state index contributed by atoms with van der Waals surface area (Å²) < 4.78 is 17.8. The summed E-state index contributed by atoms with van der Waals surface area (Å²) in [7, 11) is 1.35. The number of anilines is 1. The van der Waals surface area contributed by atoms with Crippen molar-refractivity contribution in [3.63, 3.8) is 0 Å². The van der Waals surface area contributed by atoms with Crippen LogP contribution in [-0.2, 0) is 4.74 Å².